The monoisotopic (exact) mass is 927 g/mol. The van der Waals surface area contributed by atoms with Crippen LogP contribution in [0.1, 0.15) is 91.1 Å². The standard InChI is InChI=1S/C46H54ClN9O8S/c1-26(2)64-37-23-31(28(5)22-35(37)52-46-50-24-32(47)42(53-46)51-33-11-7-8-13-38(33)65(62,63)27(3)4)29-16-20-55(21-17-29)25-39(57)49-19-18-48-34-12-9-10-30-41(34)45(61)56(43(30)59)36-14-15-40(58)54(6)44(36)60/h7-13,22-24,26-27,29,36,48H,14-21,25H2,1-6H3,(H,49,57)(H2,50,51,52,53). The van der Waals surface area contributed by atoms with E-state index < -0.39 is 38.9 Å². The van der Waals surface area contributed by atoms with Crippen molar-refractivity contribution in [3.05, 3.63) is 88.1 Å². The lowest BCUT2D eigenvalue weighted by atomic mass is 9.86. The van der Waals surface area contributed by atoms with E-state index >= 15 is 0 Å². The van der Waals surface area contributed by atoms with Crippen molar-refractivity contribution in [2.24, 2.45) is 0 Å². The highest BCUT2D eigenvalue weighted by atomic mass is 35.5. The molecular formula is C46H54ClN9O8S. The molecule has 4 N–H and O–H groups in total. The van der Waals surface area contributed by atoms with Crippen LogP contribution >= 0.6 is 11.6 Å². The minimum atomic E-state index is -3.60. The van der Waals surface area contributed by atoms with Crippen LogP contribution in [0.5, 0.6) is 5.75 Å². The highest BCUT2D eigenvalue weighted by Crippen LogP contribution is 2.39. The van der Waals surface area contributed by atoms with Crippen molar-refractivity contribution < 1.29 is 37.1 Å². The molecular weight excluding hydrogens is 874 g/mol. The first-order valence-electron chi connectivity index (χ1n) is 21.7. The van der Waals surface area contributed by atoms with Crippen LogP contribution in [0.15, 0.2) is 65.7 Å². The fourth-order valence-electron chi connectivity index (χ4n) is 8.36. The zero-order valence-corrected chi connectivity index (χ0v) is 38.8. The van der Waals surface area contributed by atoms with Gasteiger partial charge in [-0.25, -0.2) is 13.4 Å². The van der Waals surface area contributed by atoms with Crippen LogP contribution in [0.25, 0.3) is 0 Å². The number of hydrogen-bond acceptors (Lipinski definition) is 14. The third-order valence-electron chi connectivity index (χ3n) is 11.8. The number of fused-ring (bicyclic) bond motifs is 1. The van der Waals surface area contributed by atoms with E-state index in [9.17, 15) is 32.4 Å². The van der Waals surface area contributed by atoms with Gasteiger partial charge in [0.1, 0.15) is 16.8 Å². The first-order valence-corrected chi connectivity index (χ1v) is 23.6. The summed E-state index contributed by atoms with van der Waals surface area (Å²) in [4.78, 5) is 77.8. The second-order valence-electron chi connectivity index (χ2n) is 17.0. The quantitative estimate of drug-likeness (QED) is 0.0745. The Morgan fingerprint density at radius 2 is 1.63 bits per heavy atom. The summed E-state index contributed by atoms with van der Waals surface area (Å²) in [6.45, 7) is 11.4. The fraction of sp³-hybridized carbons (Fsp3) is 0.413. The average Bonchev–Trinajstić information content (AvgIpc) is 3.52. The van der Waals surface area contributed by atoms with E-state index in [1.807, 2.05) is 26.8 Å². The van der Waals surface area contributed by atoms with E-state index in [2.05, 4.69) is 42.2 Å². The highest BCUT2D eigenvalue weighted by Gasteiger charge is 2.47. The molecule has 0 aliphatic carbocycles. The number of aromatic nitrogens is 2. The highest BCUT2D eigenvalue weighted by molar-refractivity contribution is 7.92. The van der Waals surface area contributed by atoms with Crippen LogP contribution < -0.4 is 26.0 Å². The Bertz CT molecular complexity index is 2630. The lowest BCUT2D eigenvalue weighted by Crippen LogP contribution is -2.54. The number of ether oxygens (including phenoxy) is 1. The van der Waals surface area contributed by atoms with E-state index in [-0.39, 0.29) is 89.1 Å². The number of hydrogen-bond donors (Lipinski definition) is 4. The molecule has 4 heterocycles. The number of halogens is 1. The molecule has 3 aromatic carbocycles. The molecule has 3 aliphatic heterocycles. The molecule has 344 valence electrons. The predicted octanol–water partition coefficient (Wildman–Crippen LogP) is 6.05. The Labute approximate surface area is 383 Å². The molecule has 0 radical (unpaired) electrons. The molecule has 0 saturated carbocycles. The maximum atomic E-state index is 13.5. The number of amides is 5. The molecule has 5 amide bonds. The molecule has 0 spiro atoms. The molecule has 3 aliphatic rings. The molecule has 17 nitrogen and oxygen atoms in total. The molecule has 2 saturated heterocycles. The summed E-state index contributed by atoms with van der Waals surface area (Å²) in [5.41, 5.74) is 3.97. The van der Waals surface area contributed by atoms with Crippen LogP contribution in [-0.4, -0.2) is 120 Å². The number of carbonyl (C=O) groups is 5. The summed E-state index contributed by atoms with van der Waals surface area (Å²) < 4.78 is 32.5. The SMILES string of the molecule is Cc1cc(Nc2ncc(Cl)c(Nc3ccccc3S(=O)(=O)C(C)C)n2)c(OC(C)C)cc1C1CCN(CC(=O)NCCNc2cccc3c2C(=O)N(C2CCC(=O)N(C)C2=O)C3=O)CC1. The maximum Gasteiger partial charge on any atom is 0.264 e. The van der Waals surface area contributed by atoms with Gasteiger partial charge < -0.3 is 26.0 Å². The number of para-hydroxylation sites is 1. The van der Waals surface area contributed by atoms with Gasteiger partial charge in [0, 0.05) is 32.2 Å². The van der Waals surface area contributed by atoms with Crippen molar-refractivity contribution in [1.29, 1.82) is 0 Å². The Morgan fingerprint density at radius 1 is 0.908 bits per heavy atom. The first kappa shape index (κ1) is 46.9. The number of imide groups is 2. The van der Waals surface area contributed by atoms with Gasteiger partial charge >= 0.3 is 0 Å². The normalized spacial score (nSPS) is 17.2. The number of likely N-dealkylation sites (N-methyl/N-ethyl adjacent to an activating group) is 1. The number of likely N-dealkylation sites (tertiary alicyclic amines) is 2. The summed E-state index contributed by atoms with van der Waals surface area (Å²) >= 11 is 6.50. The summed E-state index contributed by atoms with van der Waals surface area (Å²) in [7, 11) is -2.25. The van der Waals surface area contributed by atoms with Crippen molar-refractivity contribution in [3.63, 3.8) is 0 Å². The molecule has 2 fully saturated rings. The summed E-state index contributed by atoms with van der Waals surface area (Å²) in [5, 5.41) is 12.1. The first-order chi connectivity index (χ1) is 30.9. The minimum absolute atomic E-state index is 0.0594. The molecule has 65 heavy (non-hydrogen) atoms. The van der Waals surface area contributed by atoms with Crippen LogP contribution in [0.2, 0.25) is 5.02 Å². The maximum absolute atomic E-state index is 13.5. The van der Waals surface area contributed by atoms with Gasteiger partial charge in [0.15, 0.2) is 15.7 Å². The van der Waals surface area contributed by atoms with E-state index in [0.29, 0.717) is 35.9 Å². The van der Waals surface area contributed by atoms with Gasteiger partial charge in [-0.05, 0) is 120 Å². The van der Waals surface area contributed by atoms with Gasteiger partial charge in [0.25, 0.3) is 17.7 Å². The third kappa shape index (κ3) is 10.1. The molecule has 19 heteroatoms. The topological polar surface area (TPSA) is 212 Å². The summed E-state index contributed by atoms with van der Waals surface area (Å²) in [6, 6.07) is 14.5. The van der Waals surface area contributed by atoms with Crippen LogP contribution in [0.4, 0.5) is 28.8 Å². The fourth-order valence-corrected chi connectivity index (χ4v) is 9.70. The number of carbonyl (C=O) groups excluding carboxylic acids is 5. The van der Waals surface area contributed by atoms with Gasteiger partial charge in [-0.15, -0.1) is 0 Å². The summed E-state index contributed by atoms with van der Waals surface area (Å²) in [6.07, 6.45) is 3.11. The number of sulfone groups is 1. The van der Waals surface area contributed by atoms with Crippen molar-refractivity contribution in [3.8, 4) is 5.75 Å². The van der Waals surface area contributed by atoms with Gasteiger partial charge in [0.05, 0.1) is 51.5 Å². The minimum Gasteiger partial charge on any atom is -0.489 e. The second-order valence-corrected chi connectivity index (χ2v) is 19.9. The zero-order chi connectivity index (χ0) is 46.7. The Morgan fingerprint density at radius 3 is 2.35 bits per heavy atom. The van der Waals surface area contributed by atoms with Crippen molar-refractivity contribution in [2.45, 2.75) is 88.5 Å². The van der Waals surface area contributed by atoms with Gasteiger partial charge in [-0.1, -0.05) is 29.8 Å². The smallest absolute Gasteiger partial charge is 0.264 e. The van der Waals surface area contributed by atoms with Gasteiger partial charge in [-0.2, -0.15) is 4.98 Å². The number of anilines is 5. The molecule has 1 unspecified atom stereocenters. The van der Waals surface area contributed by atoms with Gasteiger partial charge in [-0.3, -0.25) is 38.7 Å². The Kier molecular flexibility index (Phi) is 14.1. The Hall–Kier alpha value is -6.11. The average molecular weight is 929 g/mol. The number of nitrogens with zero attached hydrogens (tertiary/aromatic N) is 5. The van der Waals surface area contributed by atoms with Crippen molar-refractivity contribution in [2.75, 3.05) is 55.7 Å². The Balaban J connectivity index is 0.930. The lowest BCUT2D eigenvalue weighted by molar-refractivity contribution is -0.149. The number of nitrogens with one attached hydrogen (secondary N) is 4. The van der Waals surface area contributed by atoms with Gasteiger partial charge in [0.2, 0.25) is 17.8 Å². The second kappa shape index (κ2) is 19.6. The zero-order valence-electron chi connectivity index (χ0n) is 37.2. The molecule has 1 aromatic heterocycles. The van der Waals surface area contributed by atoms with Crippen molar-refractivity contribution >= 4 is 79.8 Å². The van der Waals surface area contributed by atoms with E-state index in [0.717, 1.165) is 33.8 Å². The molecule has 1 atom stereocenters. The van der Waals surface area contributed by atoms with Crippen molar-refractivity contribution in [1.82, 2.24) is 30.0 Å². The third-order valence-corrected chi connectivity index (χ3v) is 14.3. The van der Waals surface area contributed by atoms with Crippen LogP contribution in [0.3, 0.4) is 0 Å². The van der Waals surface area contributed by atoms with E-state index in [1.54, 1.807) is 56.3 Å². The molecule has 4 aromatic rings. The molecule has 0 bridgehead atoms. The number of aryl methyl sites for hydroxylation is 1. The lowest BCUT2D eigenvalue weighted by Gasteiger charge is -2.33. The largest absolute Gasteiger partial charge is 0.489 e. The van der Waals surface area contributed by atoms with Crippen LogP contribution in [-0.2, 0) is 24.2 Å². The number of rotatable bonds is 16. The predicted molar refractivity (Wildman–Crippen MR) is 247 cm³/mol. The van der Waals surface area contributed by atoms with E-state index in [4.69, 9.17) is 16.3 Å². The van der Waals surface area contributed by atoms with Crippen LogP contribution in [0, 0.1) is 6.92 Å². The number of benzene rings is 3. The molecule has 7 rings (SSSR count). The summed E-state index contributed by atoms with van der Waals surface area (Å²) in [5.74, 6) is -0.925. The number of piperidine rings is 2. The van der Waals surface area contributed by atoms with E-state index in [1.165, 1.54) is 13.2 Å².